The van der Waals surface area contributed by atoms with Gasteiger partial charge in [0.2, 0.25) is 5.91 Å². The van der Waals surface area contributed by atoms with Crippen LogP contribution in [0.1, 0.15) is 33.6 Å². The number of benzene rings is 1. The van der Waals surface area contributed by atoms with Gasteiger partial charge in [0.25, 0.3) is 0 Å². The number of amides is 1. The summed E-state index contributed by atoms with van der Waals surface area (Å²) in [7, 11) is 0. The van der Waals surface area contributed by atoms with E-state index >= 15 is 0 Å². The van der Waals surface area contributed by atoms with Gasteiger partial charge in [-0.3, -0.25) is 19.4 Å². The molecule has 0 spiro atoms. The van der Waals surface area contributed by atoms with Crippen molar-refractivity contribution in [2.45, 2.75) is 45.7 Å². The van der Waals surface area contributed by atoms with E-state index in [4.69, 9.17) is 5.11 Å². The Bertz CT molecular complexity index is 583. The molecule has 1 N–H and O–H groups in total. The summed E-state index contributed by atoms with van der Waals surface area (Å²) in [5.41, 5.74) is 0.931. The largest absolute Gasteiger partial charge is 0.480 e. The topological polar surface area (TPSA) is 64.1 Å². The quantitative estimate of drug-likeness (QED) is 0.770. The molecule has 0 unspecified atom stereocenters. The van der Waals surface area contributed by atoms with Crippen LogP contribution in [0, 0.1) is 0 Å². The Labute approximate surface area is 156 Å². The molecule has 0 atom stereocenters. The minimum atomic E-state index is -0.778. The van der Waals surface area contributed by atoms with Crippen LogP contribution in [0.25, 0.3) is 0 Å². The standard InChI is InChI=1S/C20H31N3O3/c1-4-22(15-20(25)26)17-10-12-21(13-11-17)14-19(24)23(16(2)3)18-8-6-5-7-9-18/h5-9,16-17H,4,10-15H2,1-3H3,(H,25,26). The third-order valence-electron chi connectivity index (χ3n) is 5.00. The number of nitrogens with zero attached hydrogens (tertiary/aromatic N) is 3. The molecule has 1 heterocycles. The summed E-state index contributed by atoms with van der Waals surface area (Å²) in [6.07, 6.45) is 1.81. The maximum absolute atomic E-state index is 12.9. The van der Waals surface area contributed by atoms with Crippen LogP contribution < -0.4 is 4.90 Å². The van der Waals surface area contributed by atoms with Gasteiger partial charge in [0.15, 0.2) is 0 Å². The number of rotatable bonds is 8. The van der Waals surface area contributed by atoms with E-state index in [0.717, 1.165) is 38.2 Å². The summed E-state index contributed by atoms with van der Waals surface area (Å²) >= 11 is 0. The van der Waals surface area contributed by atoms with Gasteiger partial charge in [-0.05, 0) is 45.4 Å². The fourth-order valence-corrected chi connectivity index (χ4v) is 3.70. The van der Waals surface area contributed by atoms with Crippen LogP contribution in [0.4, 0.5) is 5.69 Å². The zero-order valence-corrected chi connectivity index (χ0v) is 16.1. The zero-order valence-electron chi connectivity index (χ0n) is 16.1. The Morgan fingerprint density at radius 2 is 1.81 bits per heavy atom. The SMILES string of the molecule is CCN(CC(=O)O)C1CCN(CC(=O)N(c2ccccc2)C(C)C)CC1. The van der Waals surface area contributed by atoms with Crippen LogP contribution in [-0.2, 0) is 9.59 Å². The highest BCUT2D eigenvalue weighted by atomic mass is 16.4. The third-order valence-corrected chi connectivity index (χ3v) is 5.00. The molecule has 0 aliphatic carbocycles. The van der Waals surface area contributed by atoms with E-state index in [1.165, 1.54) is 0 Å². The van der Waals surface area contributed by atoms with Gasteiger partial charge in [0.1, 0.15) is 0 Å². The van der Waals surface area contributed by atoms with Crippen LogP contribution in [-0.4, -0.2) is 71.6 Å². The number of aliphatic carboxylic acids is 1. The van der Waals surface area contributed by atoms with E-state index < -0.39 is 5.97 Å². The summed E-state index contributed by atoms with van der Waals surface area (Å²) in [6.45, 7) is 8.95. The maximum atomic E-state index is 12.9. The molecule has 0 radical (unpaired) electrons. The second-order valence-corrected chi connectivity index (χ2v) is 7.16. The Kier molecular flexibility index (Phi) is 7.60. The van der Waals surface area contributed by atoms with Crippen LogP contribution in [0.15, 0.2) is 30.3 Å². The van der Waals surface area contributed by atoms with Gasteiger partial charge in [0.05, 0.1) is 13.1 Å². The molecule has 2 rings (SSSR count). The number of para-hydroxylation sites is 1. The number of anilines is 1. The Hall–Kier alpha value is -1.92. The number of carbonyl (C=O) groups is 2. The Balaban J connectivity index is 1.91. The van der Waals surface area contributed by atoms with Gasteiger partial charge >= 0.3 is 5.97 Å². The number of likely N-dealkylation sites (N-methyl/N-ethyl adjacent to an activating group) is 1. The molecule has 144 valence electrons. The smallest absolute Gasteiger partial charge is 0.317 e. The lowest BCUT2D eigenvalue weighted by Crippen LogP contribution is -2.50. The molecule has 1 aliphatic heterocycles. The zero-order chi connectivity index (χ0) is 19.1. The molecule has 1 amide bonds. The minimum absolute atomic E-state index is 0.0925. The summed E-state index contributed by atoms with van der Waals surface area (Å²) < 4.78 is 0. The Morgan fingerprint density at radius 3 is 2.31 bits per heavy atom. The number of hydrogen-bond acceptors (Lipinski definition) is 4. The van der Waals surface area contributed by atoms with Gasteiger partial charge in [-0.1, -0.05) is 25.1 Å². The molecule has 1 aromatic carbocycles. The van der Waals surface area contributed by atoms with Gasteiger partial charge in [-0.25, -0.2) is 0 Å². The van der Waals surface area contributed by atoms with Crippen molar-refractivity contribution in [2.24, 2.45) is 0 Å². The van der Waals surface area contributed by atoms with Crippen molar-refractivity contribution >= 4 is 17.6 Å². The first-order valence-electron chi connectivity index (χ1n) is 9.47. The fourth-order valence-electron chi connectivity index (χ4n) is 3.70. The molecule has 6 heteroatoms. The second kappa shape index (κ2) is 9.69. The number of likely N-dealkylation sites (tertiary alicyclic amines) is 1. The number of carboxylic acids is 1. The molecule has 0 bridgehead atoms. The van der Waals surface area contributed by atoms with E-state index in [9.17, 15) is 9.59 Å². The monoisotopic (exact) mass is 361 g/mol. The lowest BCUT2D eigenvalue weighted by atomic mass is 10.0. The number of piperidine rings is 1. The summed E-state index contributed by atoms with van der Waals surface area (Å²) in [5, 5.41) is 9.04. The van der Waals surface area contributed by atoms with E-state index in [0.29, 0.717) is 6.54 Å². The molecular weight excluding hydrogens is 330 g/mol. The summed E-state index contributed by atoms with van der Waals surface area (Å²) in [5.74, 6) is -0.664. The predicted molar refractivity (Wildman–Crippen MR) is 103 cm³/mol. The van der Waals surface area contributed by atoms with Gasteiger partial charge in [-0.15, -0.1) is 0 Å². The molecule has 1 aliphatic rings. The number of hydrogen-bond donors (Lipinski definition) is 1. The van der Waals surface area contributed by atoms with Crippen molar-refractivity contribution in [1.29, 1.82) is 0 Å². The van der Waals surface area contributed by atoms with Gasteiger partial charge < -0.3 is 10.0 Å². The van der Waals surface area contributed by atoms with Crippen LogP contribution in [0.2, 0.25) is 0 Å². The van der Waals surface area contributed by atoms with E-state index in [1.54, 1.807) is 0 Å². The van der Waals surface area contributed by atoms with Gasteiger partial charge in [0, 0.05) is 30.9 Å². The molecule has 1 saturated heterocycles. The first kappa shape index (κ1) is 20.4. The molecule has 0 aromatic heterocycles. The molecule has 26 heavy (non-hydrogen) atoms. The number of carboxylic acid groups (broad SMARTS) is 1. The summed E-state index contributed by atoms with van der Waals surface area (Å²) in [4.78, 5) is 29.9. The van der Waals surface area contributed by atoms with Crippen LogP contribution in [0.5, 0.6) is 0 Å². The van der Waals surface area contributed by atoms with E-state index in [-0.39, 0.29) is 24.5 Å². The molecule has 1 fully saturated rings. The normalized spacial score (nSPS) is 16.2. The van der Waals surface area contributed by atoms with Crippen molar-refractivity contribution < 1.29 is 14.7 Å². The third kappa shape index (κ3) is 5.54. The average Bonchev–Trinajstić information content (AvgIpc) is 2.61. The highest BCUT2D eigenvalue weighted by Crippen LogP contribution is 2.19. The second-order valence-electron chi connectivity index (χ2n) is 7.16. The first-order valence-corrected chi connectivity index (χ1v) is 9.47. The molecular formula is C20H31N3O3. The highest BCUT2D eigenvalue weighted by Gasteiger charge is 2.27. The van der Waals surface area contributed by atoms with E-state index in [1.807, 2.05) is 60.9 Å². The van der Waals surface area contributed by atoms with Gasteiger partial charge in [-0.2, -0.15) is 0 Å². The van der Waals surface area contributed by atoms with E-state index in [2.05, 4.69) is 4.90 Å². The number of carbonyl (C=O) groups excluding carboxylic acids is 1. The van der Waals surface area contributed by atoms with Crippen molar-refractivity contribution in [1.82, 2.24) is 9.80 Å². The Morgan fingerprint density at radius 1 is 1.19 bits per heavy atom. The van der Waals surface area contributed by atoms with Crippen molar-refractivity contribution in [3.63, 3.8) is 0 Å². The van der Waals surface area contributed by atoms with Crippen molar-refractivity contribution in [2.75, 3.05) is 37.6 Å². The lowest BCUT2D eigenvalue weighted by molar-refractivity contribution is -0.139. The van der Waals surface area contributed by atoms with Crippen LogP contribution >= 0.6 is 0 Å². The lowest BCUT2D eigenvalue weighted by Gasteiger charge is -2.38. The molecule has 0 saturated carbocycles. The molecule has 6 nitrogen and oxygen atoms in total. The van der Waals surface area contributed by atoms with Crippen molar-refractivity contribution in [3.8, 4) is 0 Å². The molecule has 1 aromatic rings. The van der Waals surface area contributed by atoms with Crippen molar-refractivity contribution in [3.05, 3.63) is 30.3 Å². The predicted octanol–water partition coefficient (Wildman–Crippen LogP) is 2.30. The van der Waals surface area contributed by atoms with Crippen LogP contribution in [0.3, 0.4) is 0 Å². The fraction of sp³-hybridized carbons (Fsp3) is 0.600. The average molecular weight is 361 g/mol. The summed E-state index contributed by atoms with van der Waals surface area (Å²) in [6, 6.07) is 10.2. The minimum Gasteiger partial charge on any atom is -0.480 e. The highest BCUT2D eigenvalue weighted by molar-refractivity contribution is 5.95. The maximum Gasteiger partial charge on any atom is 0.317 e. The first-order chi connectivity index (χ1) is 12.4.